The van der Waals surface area contributed by atoms with E-state index < -0.39 is 28.5 Å². The molecule has 0 saturated carbocycles. The molecule has 208 valence electrons. The maximum absolute atomic E-state index is 14.0. The number of anilines is 1. The third-order valence-electron chi connectivity index (χ3n) is 6.81. The maximum Gasteiger partial charge on any atom is 0.264 e. The lowest BCUT2D eigenvalue weighted by Crippen LogP contribution is -2.52. The molecule has 2 amide bonds. The number of halogens is 1. The van der Waals surface area contributed by atoms with E-state index >= 15 is 0 Å². The zero-order chi connectivity index (χ0) is 28.7. The van der Waals surface area contributed by atoms with Crippen molar-refractivity contribution in [3.63, 3.8) is 0 Å². The van der Waals surface area contributed by atoms with Crippen LogP contribution >= 0.6 is 11.6 Å². The summed E-state index contributed by atoms with van der Waals surface area (Å²) in [6, 6.07) is 19.5. The van der Waals surface area contributed by atoms with Gasteiger partial charge in [0.25, 0.3) is 10.0 Å². The Hall–Kier alpha value is -3.36. The van der Waals surface area contributed by atoms with E-state index in [0.717, 1.165) is 21.9 Å². The van der Waals surface area contributed by atoms with Crippen LogP contribution in [0, 0.1) is 13.8 Å². The van der Waals surface area contributed by atoms with Gasteiger partial charge in [0.15, 0.2) is 0 Å². The smallest absolute Gasteiger partial charge is 0.264 e. The molecular formula is C30H36ClN3O4S. The lowest BCUT2D eigenvalue weighted by atomic mass is 10.1. The third kappa shape index (κ3) is 7.40. The molecule has 3 aromatic carbocycles. The van der Waals surface area contributed by atoms with Gasteiger partial charge in [0, 0.05) is 17.6 Å². The molecule has 0 spiro atoms. The summed E-state index contributed by atoms with van der Waals surface area (Å²) in [5.41, 5.74) is 2.77. The number of rotatable bonds is 11. The predicted octanol–water partition coefficient (Wildman–Crippen LogP) is 5.48. The Balaban J connectivity index is 2.06. The van der Waals surface area contributed by atoms with Gasteiger partial charge in [-0.3, -0.25) is 13.9 Å². The van der Waals surface area contributed by atoms with Crippen LogP contribution in [0.15, 0.2) is 77.7 Å². The summed E-state index contributed by atoms with van der Waals surface area (Å²) in [6.07, 6.45) is 0.739. The number of benzene rings is 3. The van der Waals surface area contributed by atoms with Crippen molar-refractivity contribution in [2.24, 2.45) is 0 Å². The molecule has 0 aromatic heterocycles. The Bertz CT molecular complexity index is 1410. The normalized spacial score (nSPS) is 12.9. The van der Waals surface area contributed by atoms with Crippen molar-refractivity contribution in [1.29, 1.82) is 0 Å². The number of amides is 2. The van der Waals surface area contributed by atoms with Gasteiger partial charge in [-0.25, -0.2) is 8.42 Å². The molecule has 0 aliphatic rings. The summed E-state index contributed by atoms with van der Waals surface area (Å²) >= 11 is 6.16. The number of sulfonamides is 1. The van der Waals surface area contributed by atoms with Crippen LogP contribution in [0.4, 0.5) is 5.69 Å². The second kappa shape index (κ2) is 13.1. The number of hydrogen-bond donors (Lipinski definition) is 1. The van der Waals surface area contributed by atoms with Crippen molar-refractivity contribution in [3.8, 4) is 0 Å². The van der Waals surface area contributed by atoms with E-state index in [-0.39, 0.29) is 23.4 Å². The maximum atomic E-state index is 14.0. The lowest BCUT2D eigenvalue weighted by molar-refractivity contribution is -0.139. The quantitative estimate of drug-likeness (QED) is 0.331. The number of aryl methyl sites for hydroxylation is 2. The molecule has 2 atom stereocenters. The topological polar surface area (TPSA) is 86.8 Å². The van der Waals surface area contributed by atoms with E-state index in [2.05, 4.69) is 5.32 Å². The van der Waals surface area contributed by atoms with Gasteiger partial charge in [0.2, 0.25) is 11.8 Å². The molecule has 0 aliphatic heterocycles. The van der Waals surface area contributed by atoms with E-state index in [1.807, 2.05) is 45.0 Å². The molecule has 9 heteroatoms. The van der Waals surface area contributed by atoms with E-state index in [1.54, 1.807) is 50.2 Å². The Morgan fingerprint density at radius 3 is 2.18 bits per heavy atom. The van der Waals surface area contributed by atoms with Crippen LogP contribution < -0.4 is 9.62 Å². The molecule has 3 aromatic rings. The lowest BCUT2D eigenvalue weighted by Gasteiger charge is -2.33. The molecule has 0 bridgehead atoms. The van der Waals surface area contributed by atoms with Gasteiger partial charge < -0.3 is 10.2 Å². The van der Waals surface area contributed by atoms with E-state index in [9.17, 15) is 18.0 Å². The fourth-order valence-corrected chi connectivity index (χ4v) is 5.88. The minimum absolute atomic E-state index is 0.0557. The number of carbonyl (C=O) groups is 2. The van der Waals surface area contributed by atoms with Crippen LogP contribution in [0.1, 0.15) is 43.9 Å². The first-order valence-electron chi connectivity index (χ1n) is 12.9. The fraction of sp³-hybridized carbons (Fsp3) is 0.333. The average molecular weight is 570 g/mol. The minimum Gasteiger partial charge on any atom is -0.352 e. The summed E-state index contributed by atoms with van der Waals surface area (Å²) in [7, 11) is -4.13. The molecule has 7 nitrogen and oxygen atoms in total. The minimum atomic E-state index is -4.13. The second-order valence-electron chi connectivity index (χ2n) is 9.70. The number of hydrogen-bond acceptors (Lipinski definition) is 4. The molecule has 1 N–H and O–H groups in total. The predicted molar refractivity (Wildman–Crippen MR) is 156 cm³/mol. The van der Waals surface area contributed by atoms with E-state index in [0.29, 0.717) is 16.3 Å². The molecule has 3 rings (SSSR count). The summed E-state index contributed by atoms with van der Waals surface area (Å²) < 4.78 is 28.8. The van der Waals surface area contributed by atoms with Crippen molar-refractivity contribution >= 4 is 39.1 Å². The highest BCUT2D eigenvalue weighted by atomic mass is 35.5. The Labute approximate surface area is 236 Å². The highest BCUT2D eigenvalue weighted by molar-refractivity contribution is 7.92. The molecule has 39 heavy (non-hydrogen) atoms. The van der Waals surface area contributed by atoms with Gasteiger partial charge in [-0.05, 0) is 81.1 Å². The molecule has 0 heterocycles. The summed E-state index contributed by atoms with van der Waals surface area (Å²) in [5.74, 6) is -0.801. The van der Waals surface area contributed by atoms with Crippen molar-refractivity contribution < 1.29 is 18.0 Å². The van der Waals surface area contributed by atoms with Crippen LogP contribution in [0.25, 0.3) is 0 Å². The van der Waals surface area contributed by atoms with Crippen molar-refractivity contribution in [3.05, 3.63) is 94.5 Å². The number of nitrogens with one attached hydrogen (secondary N) is 1. The summed E-state index contributed by atoms with van der Waals surface area (Å²) in [5, 5.41) is 3.40. The van der Waals surface area contributed by atoms with Crippen molar-refractivity contribution in [2.75, 3.05) is 10.8 Å². The highest BCUT2D eigenvalue weighted by Crippen LogP contribution is 2.29. The first-order valence-corrected chi connectivity index (χ1v) is 14.8. The van der Waals surface area contributed by atoms with Crippen molar-refractivity contribution in [1.82, 2.24) is 10.2 Å². The first-order chi connectivity index (χ1) is 18.4. The fourth-order valence-electron chi connectivity index (χ4n) is 4.15. The van der Waals surface area contributed by atoms with Gasteiger partial charge in [-0.15, -0.1) is 0 Å². The molecule has 0 aliphatic carbocycles. The number of carbonyl (C=O) groups excluding carboxylic acids is 2. The molecule has 0 radical (unpaired) electrons. The average Bonchev–Trinajstić information content (AvgIpc) is 2.91. The monoisotopic (exact) mass is 569 g/mol. The number of nitrogens with zero attached hydrogens (tertiary/aromatic N) is 2. The van der Waals surface area contributed by atoms with Crippen LogP contribution in [0.3, 0.4) is 0 Å². The Morgan fingerprint density at radius 2 is 1.56 bits per heavy atom. The largest absolute Gasteiger partial charge is 0.352 e. The van der Waals surface area contributed by atoms with Gasteiger partial charge in [0.1, 0.15) is 12.6 Å². The van der Waals surface area contributed by atoms with E-state index in [1.165, 1.54) is 17.0 Å². The molecule has 0 saturated heterocycles. The van der Waals surface area contributed by atoms with Crippen molar-refractivity contribution in [2.45, 2.75) is 64.6 Å². The molecule has 0 fully saturated rings. The first kappa shape index (κ1) is 30.2. The third-order valence-corrected chi connectivity index (χ3v) is 8.82. The van der Waals surface area contributed by atoms with Gasteiger partial charge in [-0.2, -0.15) is 0 Å². The van der Waals surface area contributed by atoms with Crippen LogP contribution in [-0.2, 0) is 26.2 Å². The molecular weight excluding hydrogens is 534 g/mol. The van der Waals surface area contributed by atoms with Gasteiger partial charge >= 0.3 is 0 Å². The van der Waals surface area contributed by atoms with Crippen LogP contribution in [0.5, 0.6) is 0 Å². The highest BCUT2D eigenvalue weighted by Gasteiger charge is 2.33. The zero-order valence-electron chi connectivity index (χ0n) is 23.0. The van der Waals surface area contributed by atoms with Crippen LogP contribution in [-0.4, -0.2) is 43.8 Å². The molecule has 0 unspecified atom stereocenters. The van der Waals surface area contributed by atoms with Gasteiger partial charge in [-0.1, -0.05) is 61.0 Å². The summed E-state index contributed by atoms with van der Waals surface area (Å²) in [4.78, 5) is 28.7. The Kier molecular flexibility index (Phi) is 10.2. The SMILES string of the molecule is CC[C@H](C)NC(=O)[C@H](C)N(Cc1ccccc1C)C(=O)CN(c1ccc(Cl)cc1C)S(=O)(=O)c1ccccc1. The second-order valence-corrected chi connectivity index (χ2v) is 12.0. The zero-order valence-corrected chi connectivity index (χ0v) is 24.6. The standard InChI is InChI=1S/C30H36ClN3O4S/c1-6-23(4)32-30(36)24(5)33(19-25-13-11-10-12-21(25)2)29(35)20-34(28-17-16-26(31)18-22(28)3)39(37,38)27-14-8-7-9-15-27/h7-18,23-24H,6,19-20H2,1-5H3,(H,32,36)/t23-,24-/m0/s1. The van der Waals surface area contributed by atoms with E-state index in [4.69, 9.17) is 11.6 Å². The Morgan fingerprint density at radius 1 is 0.923 bits per heavy atom. The van der Waals surface area contributed by atoms with Crippen LogP contribution in [0.2, 0.25) is 5.02 Å². The summed E-state index contributed by atoms with van der Waals surface area (Å²) in [6.45, 7) is 8.86. The van der Waals surface area contributed by atoms with Gasteiger partial charge in [0.05, 0.1) is 10.6 Å².